The average molecular weight is 338 g/mol. The number of aryl methyl sites for hydroxylation is 1. The van der Waals surface area contributed by atoms with E-state index in [-0.39, 0.29) is 18.0 Å². The summed E-state index contributed by atoms with van der Waals surface area (Å²) in [6.07, 6.45) is 6.88. The van der Waals surface area contributed by atoms with Crippen LogP contribution in [0, 0.1) is 6.92 Å². The van der Waals surface area contributed by atoms with Crippen molar-refractivity contribution in [3.05, 3.63) is 65.2 Å². The second-order valence-electron chi connectivity index (χ2n) is 5.47. The van der Waals surface area contributed by atoms with Crippen LogP contribution >= 0.6 is 0 Å². The van der Waals surface area contributed by atoms with Crippen LogP contribution in [0.2, 0.25) is 0 Å². The third kappa shape index (κ3) is 4.17. The van der Waals surface area contributed by atoms with Crippen molar-refractivity contribution in [3.8, 4) is 11.3 Å². The van der Waals surface area contributed by atoms with Crippen molar-refractivity contribution in [2.45, 2.75) is 20.0 Å². The molecule has 0 saturated heterocycles. The Balaban J connectivity index is 1.63. The first-order valence-electron chi connectivity index (χ1n) is 7.86. The number of rotatable bonds is 6. The molecule has 0 fully saturated rings. The van der Waals surface area contributed by atoms with Crippen molar-refractivity contribution < 1.29 is 4.79 Å². The van der Waals surface area contributed by atoms with Crippen LogP contribution in [0.15, 0.2) is 53.8 Å². The minimum atomic E-state index is -0.326. The number of hydrogen-bond donors (Lipinski definition) is 1. The summed E-state index contributed by atoms with van der Waals surface area (Å²) in [6.45, 7) is 2.84. The first kappa shape index (κ1) is 16.6. The fourth-order valence-corrected chi connectivity index (χ4v) is 2.38. The molecule has 0 saturated carbocycles. The summed E-state index contributed by atoms with van der Waals surface area (Å²) in [4.78, 5) is 32.2. The van der Waals surface area contributed by atoms with Crippen LogP contribution in [0.3, 0.4) is 0 Å². The van der Waals surface area contributed by atoms with Crippen molar-refractivity contribution >= 4 is 5.91 Å². The quantitative estimate of drug-likeness (QED) is 0.711. The number of nitrogens with zero attached hydrogens (tertiary/aromatic N) is 5. The van der Waals surface area contributed by atoms with Crippen molar-refractivity contribution in [2.75, 3.05) is 6.54 Å². The summed E-state index contributed by atoms with van der Waals surface area (Å²) in [5.74, 6) is 0.618. The second kappa shape index (κ2) is 7.52. The largest absolute Gasteiger partial charge is 0.353 e. The molecule has 0 bridgehead atoms. The molecule has 128 valence electrons. The summed E-state index contributed by atoms with van der Waals surface area (Å²) >= 11 is 0. The highest BCUT2D eigenvalue weighted by atomic mass is 16.2. The molecule has 0 atom stereocenters. The number of carbonyl (C=O) groups excluding carboxylic acids is 1. The number of aromatic nitrogens is 5. The molecule has 8 heteroatoms. The number of imidazole rings is 1. The summed E-state index contributed by atoms with van der Waals surface area (Å²) in [6, 6.07) is 6.65. The lowest BCUT2D eigenvalue weighted by Crippen LogP contribution is -2.35. The van der Waals surface area contributed by atoms with Gasteiger partial charge >= 0.3 is 0 Å². The Bertz CT molecular complexity index is 916. The van der Waals surface area contributed by atoms with Crippen LogP contribution in [0.5, 0.6) is 0 Å². The number of pyridine rings is 1. The van der Waals surface area contributed by atoms with Gasteiger partial charge in [0.05, 0.1) is 5.69 Å². The summed E-state index contributed by atoms with van der Waals surface area (Å²) in [5, 5.41) is 7.03. The van der Waals surface area contributed by atoms with Crippen LogP contribution in [0.4, 0.5) is 0 Å². The molecule has 0 aromatic carbocycles. The molecule has 1 N–H and O–H groups in total. The van der Waals surface area contributed by atoms with E-state index in [1.54, 1.807) is 30.7 Å². The zero-order valence-electron chi connectivity index (χ0n) is 13.8. The highest BCUT2D eigenvalue weighted by Crippen LogP contribution is 2.12. The maximum absolute atomic E-state index is 12.1. The van der Waals surface area contributed by atoms with E-state index in [1.807, 2.05) is 23.8 Å². The maximum Gasteiger partial charge on any atom is 0.267 e. The lowest BCUT2D eigenvalue weighted by Gasteiger charge is -2.09. The van der Waals surface area contributed by atoms with Crippen molar-refractivity contribution in [1.29, 1.82) is 0 Å². The number of hydrogen-bond acceptors (Lipinski definition) is 5. The normalized spacial score (nSPS) is 10.6. The second-order valence-corrected chi connectivity index (χ2v) is 5.47. The van der Waals surface area contributed by atoms with Crippen LogP contribution < -0.4 is 10.9 Å². The Morgan fingerprint density at radius 1 is 1.24 bits per heavy atom. The Morgan fingerprint density at radius 2 is 2.12 bits per heavy atom. The molecule has 0 spiro atoms. The molecule has 3 heterocycles. The van der Waals surface area contributed by atoms with Gasteiger partial charge in [0.25, 0.3) is 5.56 Å². The van der Waals surface area contributed by atoms with E-state index in [4.69, 9.17) is 0 Å². The van der Waals surface area contributed by atoms with Gasteiger partial charge in [-0.2, -0.15) is 5.10 Å². The average Bonchev–Trinajstić information content (AvgIpc) is 3.03. The Kier molecular flexibility index (Phi) is 4.98. The number of amides is 1. The van der Waals surface area contributed by atoms with Crippen LogP contribution in [0.1, 0.15) is 5.82 Å². The molecule has 3 aromatic heterocycles. The van der Waals surface area contributed by atoms with Crippen molar-refractivity contribution in [1.82, 2.24) is 29.6 Å². The van der Waals surface area contributed by atoms with E-state index in [1.165, 1.54) is 6.07 Å². The Hall–Kier alpha value is -3.29. The zero-order chi connectivity index (χ0) is 17.6. The molecule has 8 nitrogen and oxygen atoms in total. The SMILES string of the molecule is Cc1nccn1CCNC(=O)Cn1nc(-c2cccnc2)ccc1=O. The van der Waals surface area contributed by atoms with Crippen LogP contribution in [0.25, 0.3) is 11.3 Å². The van der Waals surface area contributed by atoms with Gasteiger partial charge in [-0.3, -0.25) is 14.6 Å². The first-order chi connectivity index (χ1) is 12.1. The van der Waals surface area contributed by atoms with Gasteiger partial charge in [-0.1, -0.05) is 0 Å². The minimum Gasteiger partial charge on any atom is -0.353 e. The lowest BCUT2D eigenvalue weighted by atomic mass is 10.2. The van der Waals surface area contributed by atoms with Gasteiger partial charge in [-0.05, 0) is 25.1 Å². The topological polar surface area (TPSA) is 94.7 Å². The van der Waals surface area contributed by atoms with Gasteiger partial charge in [0.15, 0.2) is 0 Å². The van der Waals surface area contributed by atoms with Gasteiger partial charge < -0.3 is 9.88 Å². The molecule has 25 heavy (non-hydrogen) atoms. The summed E-state index contributed by atoms with van der Waals surface area (Å²) < 4.78 is 3.09. The Labute approximate surface area is 144 Å². The van der Waals surface area contributed by atoms with Gasteiger partial charge in [0.1, 0.15) is 12.4 Å². The molecule has 0 aliphatic heterocycles. The van der Waals surface area contributed by atoms with E-state index in [9.17, 15) is 9.59 Å². The third-order valence-electron chi connectivity index (χ3n) is 3.72. The van der Waals surface area contributed by atoms with Gasteiger partial charge in [-0.15, -0.1) is 0 Å². The molecule has 0 aliphatic rings. The number of nitrogens with one attached hydrogen (secondary N) is 1. The number of carbonyl (C=O) groups is 1. The molecule has 3 rings (SSSR count). The standard InChI is InChI=1S/C17H18N6O2/c1-13-19-7-9-22(13)10-8-20-16(24)12-23-17(25)5-4-15(21-23)14-3-2-6-18-11-14/h2-7,9,11H,8,10,12H2,1H3,(H,20,24). The van der Waals surface area contributed by atoms with Gasteiger partial charge in [0, 0.05) is 49.5 Å². The monoisotopic (exact) mass is 338 g/mol. The lowest BCUT2D eigenvalue weighted by molar-refractivity contribution is -0.121. The van der Waals surface area contributed by atoms with Gasteiger partial charge in [-0.25, -0.2) is 9.67 Å². The van der Waals surface area contributed by atoms with E-state index in [2.05, 4.69) is 20.4 Å². The predicted octanol–water partition coefficient (Wildman–Crippen LogP) is 0.627. The molecular formula is C17H18N6O2. The molecule has 1 amide bonds. The van der Waals surface area contributed by atoms with Crippen molar-refractivity contribution in [2.24, 2.45) is 0 Å². The van der Waals surface area contributed by atoms with Crippen molar-refractivity contribution in [3.63, 3.8) is 0 Å². The van der Waals surface area contributed by atoms with E-state index in [0.29, 0.717) is 18.8 Å². The molecular weight excluding hydrogens is 320 g/mol. The maximum atomic E-state index is 12.1. The highest BCUT2D eigenvalue weighted by Gasteiger charge is 2.08. The van der Waals surface area contributed by atoms with E-state index >= 15 is 0 Å². The smallest absolute Gasteiger partial charge is 0.267 e. The third-order valence-corrected chi connectivity index (χ3v) is 3.72. The Morgan fingerprint density at radius 3 is 2.84 bits per heavy atom. The highest BCUT2D eigenvalue weighted by molar-refractivity contribution is 5.75. The first-order valence-corrected chi connectivity index (χ1v) is 7.86. The molecule has 3 aromatic rings. The molecule has 0 radical (unpaired) electrons. The zero-order valence-corrected chi connectivity index (χ0v) is 13.8. The predicted molar refractivity (Wildman–Crippen MR) is 91.7 cm³/mol. The molecule has 0 unspecified atom stereocenters. The van der Waals surface area contributed by atoms with Crippen LogP contribution in [-0.4, -0.2) is 36.8 Å². The summed E-state index contributed by atoms with van der Waals surface area (Å²) in [7, 11) is 0. The summed E-state index contributed by atoms with van der Waals surface area (Å²) in [5.41, 5.74) is 1.05. The fourth-order valence-electron chi connectivity index (χ4n) is 2.38. The van der Waals surface area contributed by atoms with E-state index < -0.39 is 0 Å². The van der Waals surface area contributed by atoms with E-state index in [0.717, 1.165) is 16.1 Å². The minimum absolute atomic E-state index is 0.129. The van der Waals surface area contributed by atoms with Gasteiger partial charge in [0.2, 0.25) is 5.91 Å². The fraction of sp³-hybridized carbons (Fsp3) is 0.235. The van der Waals surface area contributed by atoms with Crippen LogP contribution in [-0.2, 0) is 17.9 Å². The molecule has 0 aliphatic carbocycles.